The molecular formula is C15H22N2O2. The molecule has 1 aromatic rings. The van der Waals surface area contributed by atoms with E-state index in [1.165, 1.54) is 12.8 Å². The number of aryl methyl sites for hydroxylation is 1. The summed E-state index contributed by atoms with van der Waals surface area (Å²) in [5, 5.41) is 9.19. The van der Waals surface area contributed by atoms with Crippen LogP contribution in [0.2, 0.25) is 0 Å². The van der Waals surface area contributed by atoms with E-state index in [-0.39, 0.29) is 0 Å². The maximum atomic E-state index is 11.2. The summed E-state index contributed by atoms with van der Waals surface area (Å²) in [6, 6.07) is 3.38. The predicted octanol–water partition coefficient (Wildman–Crippen LogP) is 2.97. The number of rotatable bonds is 7. The predicted molar refractivity (Wildman–Crippen MR) is 75.8 cm³/mol. The van der Waals surface area contributed by atoms with Crippen LogP contribution in [0, 0.1) is 5.92 Å². The number of carbonyl (C=O) groups is 1. The first kappa shape index (κ1) is 13.8. The topological polar surface area (TPSA) is 53.4 Å². The van der Waals surface area contributed by atoms with Gasteiger partial charge in [-0.25, -0.2) is 9.78 Å². The van der Waals surface area contributed by atoms with E-state index in [4.69, 9.17) is 0 Å². The van der Waals surface area contributed by atoms with Crippen molar-refractivity contribution in [3.8, 4) is 0 Å². The molecule has 1 saturated carbocycles. The molecule has 19 heavy (non-hydrogen) atoms. The summed E-state index contributed by atoms with van der Waals surface area (Å²) in [7, 11) is 0. The molecule has 0 unspecified atom stereocenters. The SMILES string of the molecule is CCCN(CC1CC1)c1cc(C(=O)O)cc(CC)n1. The highest BCUT2D eigenvalue weighted by molar-refractivity contribution is 5.88. The molecule has 1 aliphatic rings. The molecule has 0 amide bonds. The van der Waals surface area contributed by atoms with Gasteiger partial charge in [0.2, 0.25) is 0 Å². The lowest BCUT2D eigenvalue weighted by atomic mass is 10.2. The summed E-state index contributed by atoms with van der Waals surface area (Å²) >= 11 is 0. The van der Waals surface area contributed by atoms with Crippen LogP contribution < -0.4 is 4.90 Å². The quantitative estimate of drug-likeness (QED) is 0.820. The Hall–Kier alpha value is -1.58. The average molecular weight is 262 g/mol. The van der Waals surface area contributed by atoms with Gasteiger partial charge >= 0.3 is 5.97 Å². The van der Waals surface area contributed by atoms with Crippen LogP contribution >= 0.6 is 0 Å². The molecule has 0 spiro atoms. The van der Waals surface area contributed by atoms with E-state index in [1.807, 2.05) is 6.92 Å². The first-order valence-electron chi connectivity index (χ1n) is 7.13. The van der Waals surface area contributed by atoms with Crippen molar-refractivity contribution in [2.24, 2.45) is 5.92 Å². The van der Waals surface area contributed by atoms with E-state index in [0.29, 0.717) is 5.56 Å². The first-order chi connectivity index (χ1) is 9.13. The van der Waals surface area contributed by atoms with Crippen molar-refractivity contribution in [1.82, 2.24) is 4.98 Å². The van der Waals surface area contributed by atoms with E-state index >= 15 is 0 Å². The number of pyridine rings is 1. The minimum absolute atomic E-state index is 0.346. The molecule has 0 bridgehead atoms. The standard InChI is InChI=1S/C15H22N2O2/c1-3-7-17(10-11-5-6-11)14-9-12(15(18)19)8-13(4-2)16-14/h8-9,11H,3-7,10H2,1-2H3,(H,18,19). The highest BCUT2D eigenvalue weighted by Gasteiger charge is 2.25. The summed E-state index contributed by atoms with van der Waals surface area (Å²) in [5.41, 5.74) is 1.20. The van der Waals surface area contributed by atoms with Crippen LogP contribution in [0.25, 0.3) is 0 Å². The molecule has 1 aromatic heterocycles. The van der Waals surface area contributed by atoms with Gasteiger partial charge in [0.15, 0.2) is 0 Å². The summed E-state index contributed by atoms with van der Waals surface area (Å²) < 4.78 is 0. The molecule has 4 heteroatoms. The van der Waals surface area contributed by atoms with Gasteiger partial charge in [0.25, 0.3) is 0 Å². The molecule has 1 heterocycles. The first-order valence-corrected chi connectivity index (χ1v) is 7.13. The Balaban J connectivity index is 2.27. The highest BCUT2D eigenvalue weighted by atomic mass is 16.4. The van der Waals surface area contributed by atoms with Crippen LogP contribution in [0.4, 0.5) is 5.82 Å². The van der Waals surface area contributed by atoms with Crippen LogP contribution in [-0.2, 0) is 6.42 Å². The van der Waals surface area contributed by atoms with Crippen LogP contribution in [0.15, 0.2) is 12.1 Å². The van der Waals surface area contributed by atoms with Gasteiger partial charge in [-0.2, -0.15) is 0 Å². The number of nitrogens with zero attached hydrogens (tertiary/aromatic N) is 2. The van der Waals surface area contributed by atoms with E-state index < -0.39 is 5.97 Å². The molecule has 2 rings (SSSR count). The fraction of sp³-hybridized carbons (Fsp3) is 0.600. The lowest BCUT2D eigenvalue weighted by Crippen LogP contribution is -2.28. The highest BCUT2D eigenvalue weighted by Crippen LogP contribution is 2.31. The smallest absolute Gasteiger partial charge is 0.335 e. The minimum Gasteiger partial charge on any atom is -0.478 e. The minimum atomic E-state index is -0.874. The van der Waals surface area contributed by atoms with Crippen molar-refractivity contribution >= 4 is 11.8 Å². The van der Waals surface area contributed by atoms with Gasteiger partial charge in [-0.05, 0) is 43.7 Å². The van der Waals surface area contributed by atoms with Gasteiger partial charge in [-0.15, -0.1) is 0 Å². The third kappa shape index (κ3) is 3.69. The molecular weight excluding hydrogens is 240 g/mol. The van der Waals surface area contributed by atoms with Crippen molar-refractivity contribution in [3.05, 3.63) is 23.4 Å². The Labute approximate surface area is 114 Å². The van der Waals surface area contributed by atoms with Gasteiger partial charge in [-0.3, -0.25) is 0 Å². The van der Waals surface area contributed by atoms with E-state index in [0.717, 1.165) is 43.4 Å². The van der Waals surface area contributed by atoms with Gasteiger partial charge in [0, 0.05) is 18.8 Å². The summed E-state index contributed by atoms with van der Waals surface area (Å²) in [6.45, 7) is 6.09. The normalized spacial score (nSPS) is 14.4. The van der Waals surface area contributed by atoms with Crippen molar-refractivity contribution in [2.75, 3.05) is 18.0 Å². The largest absolute Gasteiger partial charge is 0.478 e. The molecule has 4 nitrogen and oxygen atoms in total. The van der Waals surface area contributed by atoms with Gasteiger partial charge in [0.1, 0.15) is 5.82 Å². The molecule has 104 valence electrons. The van der Waals surface area contributed by atoms with Crippen molar-refractivity contribution in [1.29, 1.82) is 0 Å². The number of aromatic nitrogens is 1. The maximum absolute atomic E-state index is 11.2. The Morgan fingerprint density at radius 2 is 2.16 bits per heavy atom. The fourth-order valence-electron chi connectivity index (χ4n) is 2.22. The second-order valence-corrected chi connectivity index (χ2v) is 5.25. The monoisotopic (exact) mass is 262 g/mol. The summed E-state index contributed by atoms with van der Waals surface area (Å²) in [4.78, 5) is 18.0. The molecule has 0 aliphatic heterocycles. The molecule has 1 fully saturated rings. The summed E-state index contributed by atoms with van der Waals surface area (Å²) in [5.74, 6) is 0.721. The lowest BCUT2D eigenvalue weighted by molar-refractivity contribution is 0.0696. The number of hydrogen-bond acceptors (Lipinski definition) is 3. The van der Waals surface area contributed by atoms with Crippen LogP contribution in [0.5, 0.6) is 0 Å². The van der Waals surface area contributed by atoms with Crippen molar-refractivity contribution < 1.29 is 9.90 Å². The fourth-order valence-corrected chi connectivity index (χ4v) is 2.22. The molecule has 1 N–H and O–H groups in total. The third-order valence-corrected chi connectivity index (χ3v) is 3.47. The van der Waals surface area contributed by atoms with E-state index in [1.54, 1.807) is 12.1 Å². The molecule has 0 radical (unpaired) electrons. The van der Waals surface area contributed by atoms with Gasteiger partial charge < -0.3 is 10.0 Å². The maximum Gasteiger partial charge on any atom is 0.335 e. The van der Waals surface area contributed by atoms with Gasteiger partial charge in [-0.1, -0.05) is 13.8 Å². The zero-order valence-corrected chi connectivity index (χ0v) is 11.7. The van der Waals surface area contributed by atoms with Crippen LogP contribution in [-0.4, -0.2) is 29.1 Å². The van der Waals surface area contributed by atoms with Crippen LogP contribution in [0.3, 0.4) is 0 Å². The summed E-state index contributed by atoms with van der Waals surface area (Å²) in [6.07, 6.45) is 4.39. The Morgan fingerprint density at radius 3 is 2.68 bits per heavy atom. The number of aromatic carboxylic acids is 1. The van der Waals surface area contributed by atoms with Crippen molar-refractivity contribution in [2.45, 2.75) is 39.5 Å². The second kappa shape index (κ2) is 6.04. The molecule has 1 aliphatic carbocycles. The molecule has 0 atom stereocenters. The Morgan fingerprint density at radius 1 is 1.42 bits per heavy atom. The van der Waals surface area contributed by atoms with Gasteiger partial charge in [0.05, 0.1) is 5.56 Å². The van der Waals surface area contributed by atoms with E-state index in [2.05, 4.69) is 16.8 Å². The number of carboxylic acids is 1. The number of hydrogen-bond donors (Lipinski definition) is 1. The molecule has 0 saturated heterocycles. The van der Waals surface area contributed by atoms with Crippen molar-refractivity contribution in [3.63, 3.8) is 0 Å². The number of carboxylic acid groups (broad SMARTS) is 1. The van der Waals surface area contributed by atoms with Crippen LogP contribution in [0.1, 0.15) is 49.2 Å². The Kier molecular flexibility index (Phi) is 4.40. The zero-order chi connectivity index (χ0) is 13.8. The van der Waals surface area contributed by atoms with E-state index in [9.17, 15) is 9.90 Å². The Bertz CT molecular complexity index is 455. The second-order valence-electron chi connectivity index (χ2n) is 5.25. The zero-order valence-electron chi connectivity index (χ0n) is 11.7. The average Bonchev–Trinajstić information content (AvgIpc) is 3.21. The lowest BCUT2D eigenvalue weighted by Gasteiger charge is -2.24. The third-order valence-electron chi connectivity index (χ3n) is 3.47. The molecule has 0 aromatic carbocycles. The number of anilines is 1.